The highest BCUT2D eigenvalue weighted by molar-refractivity contribution is 5.78. The summed E-state index contributed by atoms with van der Waals surface area (Å²) in [5.41, 5.74) is 2.94. The van der Waals surface area contributed by atoms with Crippen molar-refractivity contribution in [2.75, 3.05) is 0 Å². The van der Waals surface area contributed by atoms with Crippen molar-refractivity contribution in [3.05, 3.63) is 60.2 Å². The fraction of sp³-hybridized carbons (Fsp3) is 0.300. The van der Waals surface area contributed by atoms with E-state index in [1.165, 1.54) is 0 Å². The van der Waals surface area contributed by atoms with Crippen LogP contribution < -0.4 is 10.1 Å². The molecule has 0 radical (unpaired) electrons. The summed E-state index contributed by atoms with van der Waals surface area (Å²) in [7, 11) is 0. The number of amides is 1. The summed E-state index contributed by atoms with van der Waals surface area (Å²) in [4.78, 5) is 12.5. The van der Waals surface area contributed by atoms with Crippen LogP contribution in [0.4, 0.5) is 0 Å². The summed E-state index contributed by atoms with van der Waals surface area (Å²) in [6, 6.07) is 11.7. The second kappa shape index (κ2) is 7.07. The molecular formula is C20H21N3O3. The van der Waals surface area contributed by atoms with Crippen molar-refractivity contribution < 1.29 is 13.9 Å². The predicted molar refractivity (Wildman–Crippen MR) is 96.6 cm³/mol. The van der Waals surface area contributed by atoms with Crippen molar-refractivity contribution >= 4 is 5.91 Å². The van der Waals surface area contributed by atoms with Crippen LogP contribution in [0.25, 0.3) is 11.3 Å². The van der Waals surface area contributed by atoms with Gasteiger partial charge in [-0.3, -0.25) is 9.48 Å². The number of furan rings is 1. The van der Waals surface area contributed by atoms with Gasteiger partial charge in [-0.15, -0.1) is 0 Å². The van der Waals surface area contributed by atoms with Crippen LogP contribution >= 0.6 is 0 Å². The van der Waals surface area contributed by atoms with Gasteiger partial charge >= 0.3 is 0 Å². The summed E-state index contributed by atoms with van der Waals surface area (Å²) >= 11 is 0. The van der Waals surface area contributed by atoms with Gasteiger partial charge in [-0.2, -0.15) is 5.10 Å². The molecule has 134 valence electrons. The molecule has 1 aromatic carbocycles. The summed E-state index contributed by atoms with van der Waals surface area (Å²) < 4.78 is 12.8. The predicted octanol–water partition coefficient (Wildman–Crippen LogP) is 3.17. The maximum Gasteiger partial charge on any atom is 0.241 e. The van der Waals surface area contributed by atoms with Crippen LogP contribution in [0, 0.1) is 0 Å². The zero-order chi connectivity index (χ0) is 17.9. The van der Waals surface area contributed by atoms with E-state index in [9.17, 15) is 4.79 Å². The maximum atomic E-state index is 12.5. The Labute approximate surface area is 151 Å². The zero-order valence-electron chi connectivity index (χ0n) is 14.6. The molecule has 4 rings (SSSR count). The standard InChI is InChI=1S/C20H21N3O3/c1-14(8-9-16-5-4-10-25-16)22-19(24)12-23-20-15(11-21-23)13-26-18-7-3-2-6-17(18)20/h2-7,10-11,14H,8-9,12-13H2,1H3,(H,22,24)/t14-/m1/s1. The Morgan fingerprint density at radius 1 is 1.31 bits per heavy atom. The average molecular weight is 351 g/mol. The van der Waals surface area contributed by atoms with Gasteiger partial charge in [0.25, 0.3) is 0 Å². The third-order valence-electron chi connectivity index (χ3n) is 4.55. The van der Waals surface area contributed by atoms with E-state index in [0.29, 0.717) is 6.61 Å². The van der Waals surface area contributed by atoms with E-state index < -0.39 is 0 Å². The van der Waals surface area contributed by atoms with Gasteiger partial charge in [0.05, 0.1) is 18.2 Å². The van der Waals surface area contributed by atoms with Crippen molar-refractivity contribution in [2.24, 2.45) is 0 Å². The Balaban J connectivity index is 1.41. The molecule has 0 aliphatic carbocycles. The number of aryl methyl sites for hydroxylation is 1. The van der Waals surface area contributed by atoms with Gasteiger partial charge in [-0.05, 0) is 37.6 Å². The van der Waals surface area contributed by atoms with E-state index in [0.717, 1.165) is 41.2 Å². The molecule has 0 bridgehead atoms. The van der Waals surface area contributed by atoms with Crippen LogP contribution in [-0.2, 0) is 24.4 Å². The van der Waals surface area contributed by atoms with E-state index >= 15 is 0 Å². The summed E-state index contributed by atoms with van der Waals surface area (Å²) in [6.07, 6.45) is 5.07. The Hall–Kier alpha value is -3.02. The number of hydrogen-bond donors (Lipinski definition) is 1. The third kappa shape index (κ3) is 3.35. The molecule has 0 saturated heterocycles. The number of aromatic nitrogens is 2. The Bertz CT molecular complexity index is 899. The first-order chi connectivity index (χ1) is 12.7. The molecule has 1 atom stereocenters. The molecule has 0 fully saturated rings. The number of ether oxygens (including phenoxy) is 1. The minimum Gasteiger partial charge on any atom is -0.488 e. The van der Waals surface area contributed by atoms with Gasteiger partial charge in [-0.1, -0.05) is 12.1 Å². The molecule has 0 unspecified atom stereocenters. The van der Waals surface area contributed by atoms with Crippen LogP contribution in [0.5, 0.6) is 5.75 Å². The van der Waals surface area contributed by atoms with Crippen LogP contribution in [0.15, 0.2) is 53.3 Å². The zero-order valence-corrected chi connectivity index (χ0v) is 14.6. The van der Waals surface area contributed by atoms with Crippen LogP contribution in [0.2, 0.25) is 0 Å². The molecule has 2 aromatic heterocycles. The highest BCUT2D eigenvalue weighted by Crippen LogP contribution is 2.36. The maximum absolute atomic E-state index is 12.5. The molecule has 6 nitrogen and oxygen atoms in total. The Morgan fingerprint density at radius 3 is 3.04 bits per heavy atom. The lowest BCUT2D eigenvalue weighted by Crippen LogP contribution is -2.35. The van der Waals surface area contributed by atoms with Gasteiger partial charge in [0, 0.05) is 23.6 Å². The van der Waals surface area contributed by atoms with Crippen molar-refractivity contribution in [1.82, 2.24) is 15.1 Å². The largest absolute Gasteiger partial charge is 0.488 e. The first-order valence-corrected chi connectivity index (χ1v) is 8.79. The molecule has 1 amide bonds. The lowest BCUT2D eigenvalue weighted by molar-refractivity contribution is -0.122. The van der Waals surface area contributed by atoms with Crippen molar-refractivity contribution in [1.29, 1.82) is 0 Å². The number of carbonyl (C=O) groups is 1. The van der Waals surface area contributed by atoms with E-state index in [1.54, 1.807) is 17.1 Å². The van der Waals surface area contributed by atoms with Crippen LogP contribution in [0.1, 0.15) is 24.7 Å². The third-order valence-corrected chi connectivity index (χ3v) is 4.55. The first-order valence-electron chi connectivity index (χ1n) is 8.79. The number of nitrogens with zero attached hydrogens (tertiary/aromatic N) is 2. The Kier molecular flexibility index (Phi) is 4.48. The van der Waals surface area contributed by atoms with Gasteiger partial charge in [0.15, 0.2) is 0 Å². The highest BCUT2D eigenvalue weighted by atomic mass is 16.5. The van der Waals surface area contributed by atoms with Crippen LogP contribution in [0.3, 0.4) is 0 Å². The lowest BCUT2D eigenvalue weighted by atomic mass is 10.0. The number of nitrogens with one attached hydrogen (secondary N) is 1. The molecule has 1 aliphatic heterocycles. The minimum atomic E-state index is -0.0492. The van der Waals surface area contributed by atoms with Crippen molar-refractivity contribution in [3.63, 3.8) is 0 Å². The van der Waals surface area contributed by atoms with E-state index in [4.69, 9.17) is 9.15 Å². The van der Waals surface area contributed by atoms with Gasteiger partial charge in [-0.25, -0.2) is 0 Å². The molecule has 1 N–H and O–H groups in total. The highest BCUT2D eigenvalue weighted by Gasteiger charge is 2.23. The van der Waals surface area contributed by atoms with E-state index in [2.05, 4.69) is 10.4 Å². The minimum absolute atomic E-state index is 0.0492. The first kappa shape index (κ1) is 16.4. The summed E-state index contributed by atoms with van der Waals surface area (Å²) in [6.45, 7) is 2.67. The second-order valence-electron chi connectivity index (χ2n) is 6.55. The summed E-state index contributed by atoms with van der Waals surface area (Å²) in [5.74, 6) is 1.71. The molecule has 26 heavy (non-hydrogen) atoms. The molecule has 3 aromatic rings. The number of fused-ring (bicyclic) bond motifs is 3. The number of carbonyl (C=O) groups excluding carboxylic acids is 1. The monoisotopic (exact) mass is 351 g/mol. The Morgan fingerprint density at radius 2 is 2.19 bits per heavy atom. The average Bonchev–Trinajstić information content (AvgIpc) is 3.30. The van der Waals surface area contributed by atoms with E-state index in [1.807, 2.05) is 43.3 Å². The lowest BCUT2D eigenvalue weighted by Gasteiger charge is -2.19. The number of benzene rings is 1. The molecule has 3 heterocycles. The molecule has 6 heteroatoms. The molecule has 0 saturated carbocycles. The quantitative estimate of drug-likeness (QED) is 0.741. The van der Waals surface area contributed by atoms with Crippen LogP contribution in [-0.4, -0.2) is 21.7 Å². The van der Waals surface area contributed by atoms with Crippen molar-refractivity contribution in [2.45, 2.75) is 39.0 Å². The second-order valence-corrected chi connectivity index (χ2v) is 6.55. The number of hydrogen-bond acceptors (Lipinski definition) is 4. The smallest absolute Gasteiger partial charge is 0.241 e. The van der Waals surface area contributed by atoms with Gasteiger partial charge in [0.2, 0.25) is 5.91 Å². The fourth-order valence-electron chi connectivity index (χ4n) is 3.25. The molecule has 0 spiro atoms. The fourth-order valence-corrected chi connectivity index (χ4v) is 3.25. The molecule has 1 aliphatic rings. The SMILES string of the molecule is C[C@H](CCc1ccco1)NC(=O)Cn1ncc2c1-c1ccccc1OC2. The number of para-hydroxylation sites is 1. The topological polar surface area (TPSA) is 69.3 Å². The normalized spacial score (nSPS) is 13.4. The van der Waals surface area contributed by atoms with Gasteiger partial charge in [0.1, 0.15) is 24.7 Å². The molecular weight excluding hydrogens is 330 g/mol. The van der Waals surface area contributed by atoms with Gasteiger partial charge < -0.3 is 14.5 Å². The van der Waals surface area contributed by atoms with E-state index in [-0.39, 0.29) is 18.5 Å². The number of rotatable bonds is 6. The van der Waals surface area contributed by atoms with Crippen molar-refractivity contribution in [3.8, 4) is 17.0 Å². The summed E-state index contributed by atoms with van der Waals surface area (Å²) in [5, 5.41) is 7.43.